The van der Waals surface area contributed by atoms with Gasteiger partial charge in [0.2, 0.25) is 0 Å². The van der Waals surface area contributed by atoms with Crippen molar-refractivity contribution >= 4 is 28.4 Å². The summed E-state index contributed by atoms with van der Waals surface area (Å²) in [5, 5.41) is 0.970. The first-order chi connectivity index (χ1) is 15.3. The highest BCUT2D eigenvalue weighted by atomic mass is 32.2. The van der Waals surface area contributed by atoms with Crippen LogP contribution in [0.4, 0.5) is 0 Å². The number of rotatable bonds is 6. The van der Waals surface area contributed by atoms with Crippen LogP contribution >= 0.6 is 11.8 Å². The van der Waals surface area contributed by atoms with Gasteiger partial charge in [-0.25, -0.2) is 4.98 Å². The maximum Gasteiger partial charge on any atom is 0.266 e. The van der Waals surface area contributed by atoms with Crippen molar-refractivity contribution in [3.8, 4) is 11.4 Å². The first kappa shape index (κ1) is 21.9. The molecule has 0 fully saturated rings. The van der Waals surface area contributed by atoms with E-state index >= 15 is 0 Å². The van der Waals surface area contributed by atoms with Crippen LogP contribution in [0, 0.1) is 20.8 Å². The molecule has 0 atom stereocenters. The average Bonchev–Trinajstić information content (AvgIpc) is 3.05. The van der Waals surface area contributed by atoms with Gasteiger partial charge in [0, 0.05) is 24.0 Å². The summed E-state index contributed by atoms with van der Waals surface area (Å²) in [6.45, 7) is 5.87. The highest BCUT2D eigenvalue weighted by molar-refractivity contribution is 7.99. The number of carbonyl (C=O) groups is 1. The zero-order chi connectivity index (χ0) is 23.0. The van der Waals surface area contributed by atoms with Gasteiger partial charge in [0.1, 0.15) is 5.75 Å². The Hall–Kier alpha value is -3.32. The van der Waals surface area contributed by atoms with Gasteiger partial charge in [-0.2, -0.15) is 0 Å². The second-order valence-electron chi connectivity index (χ2n) is 7.78. The van der Waals surface area contributed by atoms with E-state index in [1.54, 1.807) is 17.7 Å². The topological polar surface area (TPSA) is 66.1 Å². The van der Waals surface area contributed by atoms with Crippen molar-refractivity contribution in [2.24, 2.45) is 7.05 Å². The molecule has 0 unspecified atom stereocenters. The highest BCUT2D eigenvalue weighted by Crippen LogP contribution is 2.29. The standard InChI is InChI=1S/C25H25N3O3S/c1-15-10-11-23(31-5)21(12-15)28-24(30)18-8-6-7-9-20(18)26-25(28)32-14-22(29)19-13-16(2)27(4)17(19)3/h6-13H,14H2,1-5H3. The smallest absolute Gasteiger partial charge is 0.266 e. The van der Waals surface area contributed by atoms with Gasteiger partial charge in [0.05, 0.1) is 29.5 Å². The second kappa shape index (κ2) is 8.67. The monoisotopic (exact) mass is 447 g/mol. The zero-order valence-corrected chi connectivity index (χ0v) is 19.6. The Morgan fingerprint density at radius 2 is 1.84 bits per heavy atom. The lowest BCUT2D eigenvalue weighted by molar-refractivity contribution is 0.102. The minimum Gasteiger partial charge on any atom is -0.495 e. The molecule has 7 heteroatoms. The predicted molar refractivity (Wildman–Crippen MR) is 129 cm³/mol. The van der Waals surface area contributed by atoms with Crippen LogP contribution in [0.5, 0.6) is 5.75 Å². The van der Waals surface area contributed by atoms with Crippen molar-refractivity contribution in [1.82, 2.24) is 14.1 Å². The molecule has 0 spiro atoms. The number of para-hydroxylation sites is 1. The molecule has 2 heterocycles. The molecule has 6 nitrogen and oxygen atoms in total. The molecule has 0 aliphatic rings. The lowest BCUT2D eigenvalue weighted by Crippen LogP contribution is -2.23. The van der Waals surface area contributed by atoms with Crippen LogP contribution in [0.15, 0.2) is 58.5 Å². The number of aromatic nitrogens is 3. The lowest BCUT2D eigenvalue weighted by atomic mass is 10.2. The van der Waals surface area contributed by atoms with Crippen LogP contribution in [0.1, 0.15) is 27.3 Å². The molecule has 0 saturated carbocycles. The first-order valence-corrected chi connectivity index (χ1v) is 11.3. The molecule has 0 saturated heterocycles. The number of hydrogen-bond acceptors (Lipinski definition) is 5. The number of nitrogens with zero attached hydrogens (tertiary/aromatic N) is 3. The molecule has 4 rings (SSSR count). The number of ketones is 1. The van der Waals surface area contributed by atoms with E-state index in [1.807, 2.05) is 74.9 Å². The van der Waals surface area contributed by atoms with Gasteiger partial charge in [0.25, 0.3) is 5.56 Å². The summed E-state index contributed by atoms with van der Waals surface area (Å²) in [6.07, 6.45) is 0. The maximum absolute atomic E-state index is 13.5. The summed E-state index contributed by atoms with van der Waals surface area (Å²) in [5.74, 6) is 0.738. The van der Waals surface area contributed by atoms with Gasteiger partial charge in [0.15, 0.2) is 10.9 Å². The molecule has 32 heavy (non-hydrogen) atoms. The van der Waals surface area contributed by atoms with Gasteiger partial charge >= 0.3 is 0 Å². The second-order valence-corrected chi connectivity index (χ2v) is 8.73. The molecular weight excluding hydrogens is 422 g/mol. The van der Waals surface area contributed by atoms with E-state index in [2.05, 4.69) is 0 Å². The van der Waals surface area contributed by atoms with Gasteiger partial charge in [-0.1, -0.05) is 30.0 Å². The molecule has 0 radical (unpaired) electrons. The molecule has 2 aromatic heterocycles. The lowest BCUT2D eigenvalue weighted by Gasteiger charge is -2.16. The van der Waals surface area contributed by atoms with Crippen molar-refractivity contribution in [2.75, 3.05) is 12.9 Å². The maximum atomic E-state index is 13.5. The van der Waals surface area contributed by atoms with Crippen molar-refractivity contribution in [2.45, 2.75) is 25.9 Å². The normalized spacial score (nSPS) is 11.2. The van der Waals surface area contributed by atoms with E-state index in [9.17, 15) is 9.59 Å². The van der Waals surface area contributed by atoms with Crippen molar-refractivity contribution < 1.29 is 9.53 Å². The summed E-state index contributed by atoms with van der Waals surface area (Å²) in [5.41, 5.74) is 4.66. The molecule has 4 aromatic rings. The minimum absolute atomic E-state index is 0.00126. The summed E-state index contributed by atoms with van der Waals surface area (Å²) < 4.78 is 9.09. The molecule has 0 bridgehead atoms. The number of thioether (sulfide) groups is 1. The molecule has 0 amide bonds. The van der Waals surface area contributed by atoms with Crippen LogP contribution in [0.3, 0.4) is 0 Å². The summed E-state index contributed by atoms with van der Waals surface area (Å²) in [7, 11) is 3.52. The van der Waals surface area contributed by atoms with Gasteiger partial charge < -0.3 is 9.30 Å². The molecular formula is C25H25N3O3S. The Morgan fingerprint density at radius 3 is 2.53 bits per heavy atom. The Bertz CT molecular complexity index is 1400. The predicted octanol–water partition coefficient (Wildman–Crippen LogP) is 4.63. The van der Waals surface area contributed by atoms with Crippen molar-refractivity contribution in [1.29, 1.82) is 0 Å². The molecule has 0 aliphatic carbocycles. The summed E-state index contributed by atoms with van der Waals surface area (Å²) in [6, 6.07) is 14.8. The van der Waals surface area contributed by atoms with E-state index in [-0.39, 0.29) is 17.1 Å². The number of Topliss-reactive ketones (excluding diaryl/α,β-unsaturated/α-hetero) is 1. The minimum atomic E-state index is -0.193. The third-order valence-electron chi connectivity index (χ3n) is 5.73. The van der Waals surface area contributed by atoms with Crippen LogP contribution in [-0.2, 0) is 7.05 Å². The van der Waals surface area contributed by atoms with Gasteiger partial charge in [-0.05, 0) is 56.7 Å². The average molecular weight is 448 g/mol. The Balaban J connectivity index is 1.83. The van der Waals surface area contributed by atoms with Crippen molar-refractivity contribution in [3.63, 3.8) is 0 Å². The van der Waals surface area contributed by atoms with Crippen LogP contribution < -0.4 is 10.3 Å². The fourth-order valence-corrected chi connectivity index (χ4v) is 4.63. The van der Waals surface area contributed by atoms with Crippen molar-refractivity contribution in [3.05, 3.63) is 81.4 Å². The first-order valence-electron chi connectivity index (χ1n) is 10.3. The third kappa shape index (κ3) is 3.84. The Morgan fingerprint density at radius 1 is 1.09 bits per heavy atom. The fourth-order valence-electron chi connectivity index (χ4n) is 3.74. The van der Waals surface area contributed by atoms with Gasteiger partial charge in [-0.3, -0.25) is 14.2 Å². The Labute approximate surface area is 190 Å². The SMILES string of the molecule is COc1ccc(C)cc1-n1c(SCC(=O)c2cc(C)n(C)c2C)nc2ccccc2c1=O. The third-order valence-corrected chi connectivity index (χ3v) is 6.67. The Kier molecular flexibility index (Phi) is 5.93. The number of benzene rings is 2. The highest BCUT2D eigenvalue weighted by Gasteiger charge is 2.20. The van der Waals surface area contributed by atoms with Crippen LogP contribution in [0.2, 0.25) is 0 Å². The summed E-state index contributed by atoms with van der Waals surface area (Å²) in [4.78, 5) is 31.3. The molecule has 0 N–H and O–H groups in total. The fraction of sp³-hybridized carbons (Fsp3) is 0.240. The van der Waals surface area contributed by atoms with Gasteiger partial charge in [-0.15, -0.1) is 0 Å². The molecule has 164 valence electrons. The van der Waals surface area contributed by atoms with E-state index in [4.69, 9.17) is 9.72 Å². The molecule has 0 aliphatic heterocycles. The number of ether oxygens (including phenoxy) is 1. The number of fused-ring (bicyclic) bond motifs is 1. The zero-order valence-electron chi connectivity index (χ0n) is 18.8. The number of hydrogen-bond donors (Lipinski definition) is 0. The van der Waals surface area contributed by atoms with Crippen LogP contribution in [0.25, 0.3) is 16.6 Å². The van der Waals surface area contributed by atoms with E-state index in [0.717, 1.165) is 17.0 Å². The van der Waals surface area contributed by atoms with E-state index < -0.39 is 0 Å². The quantitative estimate of drug-likeness (QED) is 0.245. The largest absolute Gasteiger partial charge is 0.495 e. The number of carbonyl (C=O) groups excluding carboxylic acids is 1. The number of aryl methyl sites for hydroxylation is 2. The molecule has 2 aromatic carbocycles. The van der Waals surface area contributed by atoms with E-state index in [1.165, 1.54) is 11.8 Å². The summed E-state index contributed by atoms with van der Waals surface area (Å²) >= 11 is 1.26. The van der Waals surface area contributed by atoms with Crippen LogP contribution in [-0.4, -0.2) is 32.8 Å². The number of methoxy groups -OCH3 is 1. The van der Waals surface area contributed by atoms with E-state index in [0.29, 0.717) is 33.1 Å².